The second-order valence-electron chi connectivity index (χ2n) is 4.18. The fraction of sp³-hybridized carbons (Fsp3) is 0.692. The van der Waals surface area contributed by atoms with Crippen molar-refractivity contribution in [2.24, 2.45) is 0 Å². The number of carbonyl (C=O) groups excluding carboxylic acids is 1. The number of hydrogen-bond acceptors (Lipinski definition) is 2. The van der Waals surface area contributed by atoms with Crippen LogP contribution in [0.25, 0.3) is 0 Å². The van der Waals surface area contributed by atoms with Gasteiger partial charge in [0.25, 0.3) is 0 Å². The summed E-state index contributed by atoms with van der Waals surface area (Å²) in [5.41, 5.74) is 0.746. The van der Waals surface area contributed by atoms with E-state index < -0.39 is 0 Å². The van der Waals surface area contributed by atoms with E-state index in [4.69, 9.17) is 0 Å². The summed E-state index contributed by atoms with van der Waals surface area (Å²) in [6.07, 6.45) is 10.4. The van der Waals surface area contributed by atoms with Gasteiger partial charge >= 0.3 is 0 Å². The molecule has 1 aromatic heterocycles. The van der Waals surface area contributed by atoms with E-state index in [9.17, 15) is 4.79 Å². The fourth-order valence-electron chi connectivity index (χ4n) is 1.71. The summed E-state index contributed by atoms with van der Waals surface area (Å²) in [6, 6.07) is 0. The van der Waals surface area contributed by atoms with Gasteiger partial charge in [-0.2, -0.15) is 5.10 Å². The van der Waals surface area contributed by atoms with Crippen molar-refractivity contribution in [3.05, 3.63) is 18.0 Å². The Hall–Kier alpha value is -1.12. The number of hydrogen-bond donors (Lipinski definition) is 0. The van der Waals surface area contributed by atoms with Crippen molar-refractivity contribution in [2.45, 2.75) is 58.9 Å². The number of Topliss-reactive ketones (excluding diaryl/α,β-unsaturated/α-hetero) is 1. The van der Waals surface area contributed by atoms with Crippen LogP contribution in [-0.4, -0.2) is 15.6 Å². The summed E-state index contributed by atoms with van der Waals surface area (Å²) >= 11 is 0. The van der Waals surface area contributed by atoms with Gasteiger partial charge in [-0.15, -0.1) is 0 Å². The molecule has 1 heterocycles. The van der Waals surface area contributed by atoms with Crippen molar-refractivity contribution in [3.63, 3.8) is 0 Å². The second-order valence-corrected chi connectivity index (χ2v) is 4.18. The number of aromatic nitrogens is 2. The SMILES string of the molecule is CCCCCCCn1cc(C(=O)CC)cn1. The van der Waals surface area contributed by atoms with Gasteiger partial charge in [0.05, 0.1) is 11.8 Å². The molecule has 0 unspecified atom stereocenters. The molecule has 90 valence electrons. The van der Waals surface area contributed by atoms with Gasteiger partial charge < -0.3 is 0 Å². The third-order valence-corrected chi connectivity index (χ3v) is 2.77. The molecule has 3 nitrogen and oxygen atoms in total. The first-order chi connectivity index (χ1) is 7.77. The molecule has 0 aliphatic rings. The van der Waals surface area contributed by atoms with Crippen LogP contribution in [0.15, 0.2) is 12.4 Å². The lowest BCUT2D eigenvalue weighted by molar-refractivity contribution is 0.0988. The number of ketones is 1. The second kappa shape index (κ2) is 7.20. The molecule has 0 amide bonds. The average Bonchev–Trinajstić information content (AvgIpc) is 2.76. The Bertz CT molecular complexity index is 317. The largest absolute Gasteiger partial charge is 0.294 e. The number of aryl methyl sites for hydroxylation is 1. The lowest BCUT2D eigenvalue weighted by atomic mass is 10.1. The maximum absolute atomic E-state index is 11.4. The summed E-state index contributed by atoms with van der Waals surface area (Å²) in [5, 5.41) is 4.20. The van der Waals surface area contributed by atoms with Gasteiger partial charge in [-0.3, -0.25) is 9.48 Å². The Morgan fingerprint density at radius 3 is 2.69 bits per heavy atom. The van der Waals surface area contributed by atoms with Crippen LogP contribution in [-0.2, 0) is 6.54 Å². The highest BCUT2D eigenvalue weighted by Crippen LogP contribution is 2.06. The molecule has 3 heteroatoms. The third kappa shape index (κ3) is 4.17. The first kappa shape index (κ1) is 12.9. The number of carbonyl (C=O) groups is 1. The fourth-order valence-corrected chi connectivity index (χ4v) is 1.71. The van der Waals surface area contributed by atoms with Crippen molar-refractivity contribution in [1.82, 2.24) is 9.78 Å². The maximum atomic E-state index is 11.4. The van der Waals surface area contributed by atoms with Gasteiger partial charge in [-0.1, -0.05) is 39.5 Å². The summed E-state index contributed by atoms with van der Waals surface area (Å²) in [6.45, 7) is 5.03. The summed E-state index contributed by atoms with van der Waals surface area (Å²) in [4.78, 5) is 11.4. The predicted molar refractivity (Wildman–Crippen MR) is 65.6 cm³/mol. The van der Waals surface area contributed by atoms with Crippen LogP contribution in [0.4, 0.5) is 0 Å². The highest BCUT2D eigenvalue weighted by atomic mass is 16.1. The molecule has 0 fully saturated rings. The van der Waals surface area contributed by atoms with E-state index in [1.54, 1.807) is 6.20 Å². The number of unbranched alkanes of at least 4 members (excludes halogenated alkanes) is 4. The molecular weight excluding hydrogens is 200 g/mol. The van der Waals surface area contributed by atoms with E-state index in [0.717, 1.165) is 18.5 Å². The van der Waals surface area contributed by atoms with E-state index >= 15 is 0 Å². The van der Waals surface area contributed by atoms with Gasteiger partial charge in [-0.25, -0.2) is 0 Å². The topological polar surface area (TPSA) is 34.9 Å². The molecule has 0 bridgehead atoms. The van der Waals surface area contributed by atoms with Crippen LogP contribution in [0, 0.1) is 0 Å². The van der Waals surface area contributed by atoms with Crippen molar-refractivity contribution < 1.29 is 4.79 Å². The first-order valence-electron chi connectivity index (χ1n) is 6.33. The van der Waals surface area contributed by atoms with E-state index in [-0.39, 0.29) is 5.78 Å². The zero-order chi connectivity index (χ0) is 11.8. The molecule has 0 spiro atoms. The first-order valence-corrected chi connectivity index (χ1v) is 6.33. The molecule has 0 atom stereocenters. The van der Waals surface area contributed by atoms with E-state index in [1.165, 1.54) is 25.7 Å². The Morgan fingerprint density at radius 2 is 2.00 bits per heavy atom. The molecule has 16 heavy (non-hydrogen) atoms. The van der Waals surface area contributed by atoms with Crippen molar-refractivity contribution in [2.75, 3.05) is 0 Å². The van der Waals surface area contributed by atoms with Crippen LogP contribution in [0.1, 0.15) is 62.7 Å². The maximum Gasteiger partial charge on any atom is 0.165 e. The van der Waals surface area contributed by atoms with E-state index in [1.807, 2.05) is 17.8 Å². The zero-order valence-corrected chi connectivity index (χ0v) is 10.4. The van der Waals surface area contributed by atoms with Crippen LogP contribution in [0.5, 0.6) is 0 Å². The molecule has 1 aromatic rings. The molecular formula is C13H22N2O. The van der Waals surface area contributed by atoms with Gasteiger partial charge in [-0.05, 0) is 6.42 Å². The normalized spacial score (nSPS) is 10.6. The minimum Gasteiger partial charge on any atom is -0.294 e. The van der Waals surface area contributed by atoms with Gasteiger partial charge in [0.1, 0.15) is 0 Å². The molecule has 0 N–H and O–H groups in total. The van der Waals surface area contributed by atoms with Crippen molar-refractivity contribution >= 4 is 5.78 Å². The molecule has 0 aliphatic heterocycles. The Labute approximate surface area is 97.8 Å². The number of nitrogens with zero attached hydrogens (tertiary/aromatic N) is 2. The molecule has 0 aliphatic carbocycles. The molecule has 1 rings (SSSR count). The monoisotopic (exact) mass is 222 g/mol. The Balaban J connectivity index is 2.27. The summed E-state index contributed by atoms with van der Waals surface area (Å²) in [5.74, 6) is 0.178. The summed E-state index contributed by atoms with van der Waals surface area (Å²) < 4.78 is 1.88. The van der Waals surface area contributed by atoms with Crippen LogP contribution < -0.4 is 0 Å². The lowest BCUT2D eigenvalue weighted by Crippen LogP contribution is -1.99. The number of rotatable bonds is 8. The molecule has 0 saturated heterocycles. The van der Waals surface area contributed by atoms with Crippen LogP contribution in [0.2, 0.25) is 0 Å². The zero-order valence-electron chi connectivity index (χ0n) is 10.4. The highest BCUT2D eigenvalue weighted by molar-refractivity contribution is 5.95. The van der Waals surface area contributed by atoms with Crippen LogP contribution >= 0.6 is 0 Å². The average molecular weight is 222 g/mol. The minimum absolute atomic E-state index is 0.178. The van der Waals surface area contributed by atoms with Crippen LogP contribution in [0.3, 0.4) is 0 Å². The summed E-state index contributed by atoms with van der Waals surface area (Å²) in [7, 11) is 0. The van der Waals surface area contributed by atoms with E-state index in [0.29, 0.717) is 6.42 Å². The van der Waals surface area contributed by atoms with Crippen molar-refractivity contribution in [3.8, 4) is 0 Å². The highest BCUT2D eigenvalue weighted by Gasteiger charge is 2.05. The molecule has 0 aromatic carbocycles. The van der Waals surface area contributed by atoms with Gasteiger partial charge in [0.15, 0.2) is 5.78 Å². The Kier molecular flexibility index (Phi) is 5.83. The minimum atomic E-state index is 0.178. The Morgan fingerprint density at radius 1 is 1.25 bits per heavy atom. The third-order valence-electron chi connectivity index (χ3n) is 2.77. The molecule has 0 radical (unpaired) electrons. The smallest absolute Gasteiger partial charge is 0.165 e. The van der Waals surface area contributed by atoms with E-state index in [2.05, 4.69) is 12.0 Å². The predicted octanol–water partition coefficient (Wildman–Crippen LogP) is 3.45. The van der Waals surface area contributed by atoms with Gasteiger partial charge in [0, 0.05) is 19.2 Å². The lowest BCUT2D eigenvalue weighted by Gasteiger charge is -2.00. The standard InChI is InChI=1S/C13H22N2O/c1-3-5-6-7-8-9-15-11-12(10-14-15)13(16)4-2/h10-11H,3-9H2,1-2H3. The van der Waals surface area contributed by atoms with Crippen molar-refractivity contribution in [1.29, 1.82) is 0 Å². The molecule has 0 saturated carbocycles. The quantitative estimate of drug-likeness (QED) is 0.499. The van der Waals surface area contributed by atoms with Gasteiger partial charge in [0.2, 0.25) is 0 Å².